The third-order valence-corrected chi connectivity index (χ3v) is 3.95. The molecule has 1 aliphatic heterocycles. The van der Waals surface area contributed by atoms with Crippen molar-refractivity contribution in [2.45, 2.75) is 13.2 Å². The first-order chi connectivity index (χ1) is 12.4. The average Bonchev–Trinajstić information content (AvgIpc) is 2.59. The predicted octanol–water partition coefficient (Wildman–Crippen LogP) is 2.61. The zero-order valence-corrected chi connectivity index (χ0v) is 14.0. The van der Waals surface area contributed by atoms with Gasteiger partial charge in [0, 0.05) is 24.7 Å². The Morgan fingerprint density at radius 3 is 2.85 bits per heavy atom. The van der Waals surface area contributed by atoms with E-state index in [2.05, 4.69) is 15.4 Å². The molecule has 0 bridgehead atoms. The van der Waals surface area contributed by atoms with Crippen LogP contribution in [0.3, 0.4) is 0 Å². The summed E-state index contributed by atoms with van der Waals surface area (Å²) in [4.78, 5) is 25.8. The van der Waals surface area contributed by atoms with Crippen LogP contribution in [-0.2, 0) is 11.3 Å². The Balaban J connectivity index is 1.72. The zero-order valence-electron chi connectivity index (χ0n) is 14.0. The average molecular weight is 361 g/mol. The molecule has 26 heavy (non-hydrogen) atoms. The summed E-state index contributed by atoms with van der Waals surface area (Å²) in [7, 11) is 1.79. The number of hydrogen-bond acceptors (Lipinski definition) is 4. The van der Waals surface area contributed by atoms with Gasteiger partial charge in [0.15, 0.2) is 0 Å². The van der Waals surface area contributed by atoms with Crippen molar-refractivity contribution in [2.75, 3.05) is 23.8 Å². The van der Waals surface area contributed by atoms with Crippen molar-refractivity contribution in [2.24, 2.45) is 0 Å². The van der Waals surface area contributed by atoms with E-state index in [0.29, 0.717) is 16.8 Å². The Labute approximate surface area is 148 Å². The number of carbonyl (C=O) groups is 2. The van der Waals surface area contributed by atoms with Gasteiger partial charge < -0.3 is 20.3 Å². The van der Waals surface area contributed by atoms with Gasteiger partial charge in [0.05, 0.1) is 17.9 Å². The van der Waals surface area contributed by atoms with Gasteiger partial charge in [-0.05, 0) is 24.3 Å². The molecule has 0 aromatic heterocycles. The monoisotopic (exact) mass is 361 g/mol. The van der Waals surface area contributed by atoms with E-state index in [1.54, 1.807) is 48.3 Å². The van der Waals surface area contributed by atoms with Crippen LogP contribution in [0.15, 0.2) is 42.5 Å². The number of amides is 2. The van der Waals surface area contributed by atoms with Crippen LogP contribution in [0.1, 0.15) is 15.9 Å². The smallest absolute Gasteiger partial charge is 0.387 e. The second-order valence-electron chi connectivity index (χ2n) is 5.81. The zero-order chi connectivity index (χ0) is 18.7. The summed E-state index contributed by atoms with van der Waals surface area (Å²) in [5.41, 5.74) is 2.16. The summed E-state index contributed by atoms with van der Waals surface area (Å²) in [6, 6.07) is 11.2. The van der Waals surface area contributed by atoms with E-state index in [9.17, 15) is 18.4 Å². The number of fused-ring (bicyclic) bond motifs is 1. The van der Waals surface area contributed by atoms with E-state index in [4.69, 9.17) is 0 Å². The molecule has 136 valence electrons. The topological polar surface area (TPSA) is 70.7 Å². The summed E-state index contributed by atoms with van der Waals surface area (Å²) in [5, 5.41) is 5.39. The quantitative estimate of drug-likeness (QED) is 0.859. The Morgan fingerprint density at radius 1 is 1.31 bits per heavy atom. The minimum absolute atomic E-state index is 0.0159. The number of likely N-dealkylation sites (N-methyl/N-ethyl adjacent to an activating group) is 1. The third-order valence-electron chi connectivity index (χ3n) is 3.95. The molecule has 1 aliphatic rings. The lowest BCUT2D eigenvalue weighted by Gasteiger charge is -2.27. The molecule has 0 fully saturated rings. The van der Waals surface area contributed by atoms with Crippen LogP contribution in [-0.4, -0.2) is 32.0 Å². The van der Waals surface area contributed by atoms with Gasteiger partial charge in [-0.2, -0.15) is 8.78 Å². The molecule has 0 radical (unpaired) electrons. The maximum absolute atomic E-state index is 12.4. The van der Waals surface area contributed by atoms with Crippen molar-refractivity contribution in [3.63, 3.8) is 0 Å². The number of benzene rings is 2. The van der Waals surface area contributed by atoms with Crippen molar-refractivity contribution in [1.29, 1.82) is 0 Å². The number of nitrogens with one attached hydrogen (secondary N) is 2. The maximum atomic E-state index is 12.4. The fourth-order valence-electron chi connectivity index (χ4n) is 2.74. The molecule has 0 atom stereocenters. The summed E-state index contributed by atoms with van der Waals surface area (Å²) in [6.45, 7) is -2.65. The highest BCUT2D eigenvalue weighted by Gasteiger charge is 2.20. The highest BCUT2D eigenvalue weighted by molar-refractivity contribution is 6.03. The standard InChI is InChI=1S/C18H17F2N3O3/c1-23-10-16(24)22-13-8-11(6-7-14(13)23)17(25)21-9-12-4-2-3-5-15(12)26-18(19)20/h2-8,18H,9-10H2,1H3,(H,21,25)(H,22,24). The molecule has 0 aliphatic carbocycles. The van der Waals surface area contributed by atoms with E-state index in [1.807, 2.05) is 0 Å². The molecular weight excluding hydrogens is 344 g/mol. The minimum Gasteiger partial charge on any atom is -0.434 e. The second kappa shape index (κ2) is 7.38. The summed E-state index contributed by atoms with van der Waals surface area (Å²) in [5.74, 6) is -0.528. The van der Waals surface area contributed by atoms with Gasteiger partial charge in [-0.1, -0.05) is 18.2 Å². The molecule has 8 heteroatoms. The normalized spacial score (nSPS) is 13.2. The van der Waals surface area contributed by atoms with Crippen LogP contribution in [0.2, 0.25) is 0 Å². The first-order valence-corrected chi connectivity index (χ1v) is 7.90. The van der Waals surface area contributed by atoms with Crippen molar-refractivity contribution in [1.82, 2.24) is 5.32 Å². The van der Waals surface area contributed by atoms with Crippen molar-refractivity contribution in [3.05, 3.63) is 53.6 Å². The first-order valence-electron chi connectivity index (χ1n) is 7.90. The molecule has 2 amide bonds. The molecule has 3 rings (SSSR count). The molecule has 0 spiro atoms. The van der Waals surface area contributed by atoms with Gasteiger partial charge in [-0.3, -0.25) is 9.59 Å². The van der Waals surface area contributed by atoms with Crippen LogP contribution in [0.25, 0.3) is 0 Å². The maximum Gasteiger partial charge on any atom is 0.387 e. The van der Waals surface area contributed by atoms with Crippen LogP contribution >= 0.6 is 0 Å². The number of carbonyl (C=O) groups excluding carboxylic acids is 2. The van der Waals surface area contributed by atoms with Gasteiger partial charge in [0.2, 0.25) is 5.91 Å². The minimum atomic E-state index is -2.94. The Bertz CT molecular complexity index is 842. The Morgan fingerprint density at radius 2 is 2.08 bits per heavy atom. The van der Waals surface area contributed by atoms with Crippen LogP contribution in [0.4, 0.5) is 20.2 Å². The lowest BCUT2D eigenvalue weighted by molar-refractivity contribution is -0.115. The molecule has 2 aromatic carbocycles. The van der Waals surface area contributed by atoms with E-state index >= 15 is 0 Å². The lowest BCUT2D eigenvalue weighted by Crippen LogP contribution is -2.35. The van der Waals surface area contributed by atoms with Crippen LogP contribution in [0.5, 0.6) is 5.75 Å². The van der Waals surface area contributed by atoms with Crippen molar-refractivity contribution >= 4 is 23.2 Å². The fourth-order valence-corrected chi connectivity index (χ4v) is 2.74. The molecule has 1 heterocycles. The number of nitrogens with zero attached hydrogens (tertiary/aromatic N) is 1. The number of alkyl halides is 2. The summed E-state index contributed by atoms with van der Waals surface area (Å²) >= 11 is 0. The summed E-state index contributed by atoms with van der Waals surface area (Å²) in [6.07, 6.45) is 0. The number of ether oxygens (including phenoxy) is 1. The predicted molar refractivity (Wildman–Crippen MR) is 92.6 cm³/mol. The summed E-state index contributed by atoms with van der Waals surface area (Å²) < 4.78 is 29.3. The molecule has 2 aromatic rings. The lowest BCUT2D eigenvalue weighted by atomic mass is 10.1. The second-order valence-corrected chi connectivity index (χ2v) is 5.81. The van der Waals surface area contributed by atoms with E-state index in [-0.39, 0.29) is 30.7 Å². The van der Waals surface area contributed by atoms with Gasteiger partial charge in [0.1, 0.15) is 5.75 Å². The number of hydrogen-bond donors (Lipinski definition) is 2. The van der Waals surface area contributed by atoms with Crippen molar-refractivity contribution in [3.8, 4) is 5.75 Å². The number of halogens is 2. The molecule has 0 unspecified atom stereocenters. The van der Waals surface area contributed by atoms with Gasteiger partial charge in [-0.25, -0.2) is 0 Å². The van der Waals surface area contributed by atoms with Gasteiger partial charge in [-0.15, -0.1) is 0 Å². The number of anilines is 2. The fraction of sp³-hybridized carbons (Fsp3) is 0.222. The highest BCUT2D eigenvalue weighted by Crippen LogP contribution is 2.29. The largest absolute Gasteiger partial charge is 0.434 e. The SMILES string of the molecule is CN1CC(=O)Nc2cc(C(=O)NCc3ccccc3OC(F)F)ccc21. The first kappa shape index (κ1) is 17.7. The number of rotatable bonds is 5. The Hall–Kier alpha value is -3.16. The third kappa shape index (κ3) is 3.90. The van der Waals surface area contributed by atoms with Crippen molar-refractivity contribution < 1.29 is 23.1 Å². The molecule has 6 nitrogen and oxygen atoms in total. The molecule has 0 saturated heterocycles. The van der Waals surface area contributed by atoms with Gasteiger partial charge in [0.25, 0.3) is 5.91 Å². The van der Waals surface area contributed by atoms with Crippen LogP contribution in [0, 0.1) is 0 Å². The Kier molecular flexibility index (Phi) is 5.01. The van der Waals surface area contributed by atoms with Gasteiger partial charge >= 0.3 is 6.61 Å². The molecule has 0 saturated carbocycles. The van der Waals surface area contributed by atoms with Crippen LogP contribution < -0.4 is 20.3 Å². The van der Waals surface area contributed by atoms with E-state index in [0.717, 1.165) is 5.69 Å². The molecule has 2 N–H and O–H groups in total. The molecular formula is C18H17F2N3O3. The highest BCUT2D eigenvalue weighted by atomic mass is 19.3. The van der Waals surface area contributed by atoms with E-state index < -0.39 is 6.61 Å². The van der Waals surface area contributed by atoms with E-state index in [1.165, 1.54) is 6.07 Å². The number of para-hydroxylation sites is 1.